The molecule has 5 nitrogen and oxygen atoms in total. The summed E-state index contributed by atoms with van der Waals surface area (Å²) in [7, 11) is 0. The summed E-state index contributed by atoms with van der Waals surface area (Å²) < 4.78 is 10.5. The summed E-state index contributed by atoms with van der Waals surface area (Å²) in [6.45, 7) is 12.4. The molecule has 0 aromatic carbocycles. The van der Waals surface area contributed by atoms with Crippen molar-refractivity contribution in [1.29, 1.82) is 0 Å². The summed E-state index contributed by atoms with van der Waals surface area (Å²) in [5, 5.41) is 0. The molecular formula is C15H25NO4. The smallest absolute Gasteiger partial charge is 0.411 e. The Kier molecular flexibility index (Phi) is 3.51. The van der Waals surface area contributed by atoms with Crippen LogP contribution in [0.5, 0.6) is 0 Å². The molecule has 2 rings (SSSR count). The number of hydrogen-bond donors (Lipinski definition) is 0. The van der Waals surface area contributed by atoms with E-state index in [1.54, 1.807) is 11.8 Å². The minimum Gasteiger partial charge on any atom is -0.464 e. The number of fused-ring (bicyclic) bond motifs is 1. The lowest BCUT2D eigenvalue weighted by Gasteiger charge is -2.31. The second kappa shape index (κ2) is 4.64. The van der Waals surface area contributed by atoms with Crippen molar-refractivity contribution < 1.29 is 19.1 Å². The van der Waals surface area contributed by atoms with Crippen molar-refractivity contribution in [2.75, 3.05) is 13.2 Å². The van der Waals surface area contributed by atoms with E-state index in [0.29, 0.717) is 19.1 Å². The van der Waals surface area contributed by atoms with E-state index < -0.39 is 17.7 Å². The molecule has 2 aliphatic rings. The van der Waals surface area contributed by atoms with Crippen LogP contribution in [0, 0.1) is 17.3 Å². The summed E-state index contributed by atoms with van der Waals surface area (Å²) in [4.78, 5) is 26.0. The molecule has 1 saturated carbocycles. The molecule has 0 aromatic heterocycles. The molecule has 1 aliphatic carbocycles. The number of likely N-dealkylation sites (tertiary alicyclic amines) is 1. The Bertz CT molecular complexity index is 424. The van der Waals surface area contributed by atoms with Gasteiger partial charge >= 0.3 is 12.1 Å². The summed E-state index contributed by atoms with van der Waals surface area (Å²) in [6, 6.07) is -0.496. The summed E-state index contributed by atoms with van der Waals surface area (Å²) in [6.07, 6.45) is -0.418. The van der Waals surface area contributed by atoms with Gasteiger partial charge in [0.1, 0.15) is 11.6 Å². The molecule has 0 N–H and O–H groups in total. The zero-order valence-electron chi connectivity index (χ0n) is 13.2. The Hall–Kier alpha value is -1.26. The van der Waals surface area contributed by atoms with E-state index in [2.05, 4.69) is 13.8 Å². The third kappa shape index (κ3) is 2.50. The normalized spacial score (nSPS) is 30.7. The van der Waals surface area contributed by atoms with Gasteiger partial charge in [-0.05, 0) is 39.0 Å². The third-order valence-corrected chi connectivity index (χ3v) is 4.36. The van der Waals surface area contributed by atoms with E-state index in [1.165, 1.54) is 0 Å². The molecule has 114 valence electrons. The van der Waals surface area contributed by atoms with Crippen molar-refractivity contribution in [2.24, 2.45) is 17.3 Å². The van der Waals surface area contributed by atoms with Crippen LogP contribution in [0.3, 0.4) is 0 Å². The minimum absolute atomic E-state index is 0.107. The number of esters is 1. The van der Waals surface area contributed by atoms with Crippen molar-refractivity contribution in [3.63, 3.8) is 0 Å². The van der Waals surface area contributed by atoms with Gasteiger partial charge in [0.2, 0.25) is 0 Å². The minimum atomic E-state index is -0.557. The van der Waals surface area contributed by atoms with Crippen molar-refractivity contribution in [3.05, 3.63) is 0 Å². The number of hydrogen-bond acceptors (Lipinski definition) is 4. The second-order valence-electron chi connectivity index (χ2n) is 7.28. The monoisotopic (exact) mass is 283 g/mol. The van der Waals surface area contributed by atoms with Crippen LogP contribution in [0.25, 0.3) is 0 Å². The second-order valence-corrected chi connectivity index (χ2v) is 7.28. The lowest BCUT2D eigenvalue weighted by atomic mass is 10.0. The zero-order valence-corrected chi connectivity index (χ0v) is 13.2. The molecule has 1 saturated heterocycles. The standard InChI is InChI=1S/C15H25NO4/c1-7-19-12(17)11-10-9(15(10,5)6)8-16(11)13(18)20-14(2,3)4/h9-11H,7-8H2,1-6H3/t9-,10-,11-/m0/s1. The van der Waals surface area contributed by atoms with E-state index in [1.807, 2.05) is 20.8 Å². The molecule has 3 atom stereocenters. The third-order valence-electron chi connectivity index (χ3n) is 4.36. The number of carbonyl (C=O) groups is 2. The van der Waals surface area contributed by atoms with E-state index in [4.69, 9.17) is 9.47 Å². The lowest BCUT2D eigenvalue weighted by Crippen LogP contribution is -2.48. The van der Waals surface area contributed by atoms with E-state index >= 15 is 0 Å². The van der Waals surface area contributed by atoms with Crippen LogP contribution in [0.4, 0.5) is 4.79 Å². The van der Waals surface area contributed by atoms with Gasteiger partial charge in [0, 0.05) is 12.5 Å². The Balaban J connectivity index is 2.13. The molecule has 20 heavy (non-hydrogen) atoms. The number of nitrogens with zero attached hydrogens (tertiary/aromatic N) is 1. The van der Waals surface area contributed by atoms with Gasteiger partial charge in [-0.2, -0.15) is 0 Å². The fourth-order valence-corrected chi connectivity index (χ4v) is 3.29. The molecule has 0 unspecified atom stereocenters. The molecule has 0 bridgehead atoms. The summed E-state index contributed by atoms with van der Waals surface area (Å²) in [5.74, 6) is 0.245. The molecule has 5 heteroatoms. The van der Waals surface area contributed by atoms with Gasteiger partial charge in [-0.1, -0.05) is 13.8 Å². The first kappa shape index (κ1) is 15.1. The topological polar surface area (TPSA) is 55.8 Å². The summed E-state index contributed by atoms with van der Waals surface area (Å²) in [5.41, 5.74) is -0.450. The first-order chi connectivity index (χ1) is 9.09. The van der Waals surface area contributed by atoms with Gasteiger partial charge < -0.3 is 9.47 Å². The Labute approximate surface area is 120 Å². The van der Waals surface area contributed by atoms with Gasteiger partial charge in [0.15, 0.2) is 0 Å². The van der Waals surface area contributed by atoms with Gasteiger partial charge in [0.05, 0.1) is 6.61 Å². The molecule has 0 spiro atoms. The van der Waals surface area contributed by atoms with Crippen molar-refractivity contribution in [2.45, 2.75) is 53.2 Å². The lowest BCUT2D eigenvalue weighted by molar-refractivity contribution is -0.149. The molecule has 1 aliphatic heterocycles. The average Bonchev–Trinajstić information content (AvgIpc) is 2.69. The highest BCUT2D eigenvalue weighted by Gasteiger charge is 2.70. The van der Waals surface area contributed by atoms with Crippen molar-refractivity contribution in [1.82, 2.24) is 4.90 Å². The number of carbonyl (C=O) groups excluding carboxylic acids is 2. The van der Waals surface area contributed by atoms with Gasteiger partial charge in [-0.3, -0.25) is 4.90 Å². The Morgan fingerprint density at radius 3 is 2.40 bits per heavy atom. The first-order valence-corrected chi connectivity index (χ1v) is 7.26. The predicted molar refractivity (Wildman–Crippen MR) is 74.1 cm³/mol. The maximum atomic E-state index is 12.3. The number of ether oxygens (including phenoxy) is 2. The van der Waals surface area contributed by atoms with Crippen molar-refractivity contribution in [3.8, 4) is 0 Å². The Morgan fingerprint density at radius 2 is 1.90 bits per heavy atom. The van der Waals surface area contributed by atoms with Crippen LogP contribution in [0.15, 0.2) is 0 Å². The first-order valence-electron chi connectivity index (χ1n) is 7.26. The van der Waals surface area contributed by atoms with Crippen LogP contribution in [-0.4, -0.2) is 41.8 Å². The van der Waals surface area contributed by atoms with Crippen LogP contribution in [0.1, 0.15) is 41.5 Å². The molecule has 0 radical (unpaired) electrons. The van der Waals surface area contributed by atoms with E-state index in [9.17, 15) is 9.59 Å². The number of rotatable bonds is 2. The van der Waals surface area contributed by atoms with Gasteiger partial charge in [-0.15, -0.1) is 0 Å². The highest BCUT2D eigenvalue weighted by atomic mass is 16.6. The quantitative estimate of drug-likeness (QED) is 0.730. The van der Waals surface area contributed by atoms with Crippen molar-refractivity contribution >= 4 is 12.1 Å². The fourth-order valence-electron chi connectivity index (χ4n) is 3.29. The predicted octanol–water partition coefficient (Wildman–Crippen LogP) is 2.44. The molecule has 1 heterocycles. The van der Waals surface area contributed by atoms with Gasteiger partial charge in [0.25, 0.3) is 0 Å². The average molecular weight is 283 g/mol. The fraction of sp³-hybridized carbons (Fsp3) is 0.867. The van der Waals surface area contributed by atoms with Crippen LogP contribution in [0.2, 0.25) is 0 Å². The molecular weight excluding hydrogens is 258 g/mol. The summed E-state index contributed by atoms with van der Waals surface area (Å²) >= 11 is 0. The Morgan fingerprint density at radius 1 is 1.30 bits per heavy atom. The van der Waals surface area contributed by atoms with Crippen LogP contribution < -0.4 is 0 Å². The number of amides is 1. The molecule has 1 amide bonds. The molecule has 2 fully saturated rings. The number of piperidine rings is 1. The molecule has 0 aromatic rings. The van der Waals surface area contributed by atoms with E-state index in [-0.39, 0.29) is 17.3 Å². The largest absolute Gasteiger partial charge is 0.464 e. The highest BCUT2D eigenvalue weighted by Crippen LogP contribution is 2.65. The maximum Gasteiger partial charge on any atom is 0.411 e. The van der Waals surface area contributed by atoms with Crippen LogP contribution in [-0.2, 0) is 14.3 Å². The van der Waals surface area contributed by atoms with Gasteiger partial charge in [-0.25, -0.2) is 9.59 Å². The maximum absolute atomic E-state index is 12.3. The zero-order chi connectivity index (χ0) is 15.3. The highest BCUT2D eigenvalue weighted by molar-refractivity contribution is 5.84. The van der Waals surface area contributed by atoms with Crippen LogP contribution >= 0.6 is 0 Å². The van der Waals surface area contributed by atoms with E-state index in [0.717, 1.165) is 0 Å². The SMILES string of the molecule is CCOC(=O)[C@@H]1[C@@H]2[C@H](CN1C(=O)OC(C)(C)C)C2(C)C.